The summed E-state index contributed by atoms with van der Waals surface area (Å²) in [6.45, 7) is 0.825. The van der Waals surface area contributed by atoms with Crippen LogP contribution in [0, 0.1) is 5.21 Å². The van der Waals surface area contributed by atoms with Gasteiger partial charge in [-0.05, 0) is 18.6 Å². The number of nitrogens with one attached hydrogen (secondary N) is 1. The van der Waals surface area contributed by atoms with Crippen LogP contribution in [-0.4, -0.2) is 22.7 Å². The molecule has 0 aliphatic carbocycles. The molecule has 0 spiro atoms. The van der Waals surface area contributed by atoms with Crippen molar-refractivity contribution in [3.63, 3.8) is 0 Å². The van der Waals surface area contributed by atoms with E-state index >= 15 is 0 Å². The number of fused-ring (bicyclic) bond motifs is 2. The van der Waals surface area contributed by atoms with E-state index in [2.05, 4.69) is 0 Å². The second-order valence-corrected chi connectivity index (χ2v) is 4.22. The van der Waals surface area contributed by atoms with Crippen LogP contribution in [0.15, 0.2) is 24.3 Å². The minimum absolute atomic E-state index is 0.0881. The Morgan fingerprint density at radius 1 is 1.40 bits per heavy atom. The van der Waals surface area contributed by atoms with Crippen LogP contribution in [0.5, 0.6) is 0 Å². The average molecular weight is 206 g/mol. The van der Waals surface area contributed by atoms with Gasteiger partial charge in [-0.3, -0.25) is 0 Å². The smallest absolute Gasteiger partial charge is 0.150 e. The molecule has 80 valence electrons. The third kappa shape index (κ3) is 1.23. The van der Waals surface area contributed by atoms with E-state index in [0.717, 1.165) is 24.9 Å². The lowest BCUT2D eigenvalue weighted by Crippen LogP contribution is -3.09. The van der Waals surface area contributed by atoms with Crippen LogP contribution in [0.2, 0.25) is 0 Å². The predicted octanol–water partition coefficient (Wildman–Crippen LogP) is 0.127. The van der Waals surface area contributed by atoms with Crippen molar-refractivity contribution in [2.45, 2.75) is 25.2 Å². The second kappa shape index (κ2) is 3.28. The fourth-order valence-electron chi connectivity index (χ4n) is 2.67. The third-order valence-corrected chi connectivity index (χ3v) is 3.42. The summed E-state index contributed by atoms with van der Waals surface area (Å²) in [6.07, 6.45) is 1.20. The molecule has 2 aliphatic heterocycles. The molecule has 2 heterocycles. The minimum atomic E-state index is -0.591. The molecule has 3 rings (SSSR count). The van der Waals surface area contributed by atoms with Gasteiger partial charge in [0.2, 0.25) is 0 Å². The molecular formula is C11H14N2O2. The van der Waals surface area contributed by atoms with Gasteiger partial charge in [0, 0.05) is 13.0 Å². The first kappa shape index (κ1) is 9.30. The molecule has 1 saturated heterocycles. The molecule has 0 aromatic heterocycles. The number of quaternary nitrogens is 1. The molecule has 15 heavy (non-hydrogen) atoms. The van der Waals surface area contributed by atoms with Gasteiger partial charge in [0.15, 0.2) is 6.17 Å². The van der Waals surface area contributed by atoms with Crippen LogP contribution < -0.4 is 5.06 Å². The molecule has 1 fully saturated rings. The molecule has 0 amide bonds. The fourth-order valence-corrected chi connectivity index (χ4v) is 2.67. The Kier molecular flexibility index (Phi) is 2.03. The molecule has 0 radical (unpaired) electrons. The van der Waals surface area contributed by atoms with E-state index in [9.17, 15) is 10.3 Å². The van der Waals surface area contributed by atoms with E-state index in [0.29, 0.717) is 5.69 Å². The Labute approximate surface area is 88.3 Å². The first-order valence-electron chi connectivity index (χ1n) is 5.36. The van der Waals surface area contributed by atoms with Gasteiger partial charge in [-0.25, -0.2) is 4.90 Å². The molecule has 2 unspecified atom stereocenters. The Morgan fingerprint density at radius 2 is 2.20 bits per heavy atom. The summed E-state index contributed by atoms with van der Waals surface area (Å²) in [5, 5.41) is 22.4. The first-order valence-corrected chi connectivity index (χ1v) is 5.36. The Hall–Kier alpha value is -0.940. The van der Waals surface area contributed by atoms with Crippen LogP contribution in [-0.2, 0) is 0 Å². The highest BCUT2D eigenvalue weighted by Gasteiger charge is 2.41. The monoisotopic (exact) mass is 206 g/mol. The van der Waals surface area contributed by atoms with Gasteiger partial charge in [-0.2, -0.15) is 0 Å². The first-order chi connectivity index (χ1) is 7.29. The van der Waals surface area contributed by atoms with Gasteiger partial charge in [-0.1, -0.05) is 12.1 Å². The summed E-state index contributed by atoms with van der Waals surface area (Å²) in [5.41, 5.74) is 1.47. The van der Waals surface area contributed by atoms with Crippen LogP contribution in [0.4, 0.5) is 5.69 Å². The molecule has 2 N–H and O–H groups in total. The zero-order valence-corrected chi connectivity index (χ0v) is 8.39. The van der Waals surface area contributed by atoms with Gasteiger partial charge in [0.05, 0.1) is 5.56 Å². The topological polar surface area (TPSA) is 51.0 Å². The van der Waals surface area contributed by atoms with Crippen molar-refractivity contribution in [1.29, 1.82) is 0 Å². The third-order valence-electron chi connectivity index (χ3n) is 3.42. The van der Waals surface area contributed by atoms with Crippen molar-refractivity contribution in [1.82, 2.24) is 4.90 Å². The molecule has 0 bridgehead atoms. The number of hydrogen-bond acceptors (Lipinski definition) is 3. The van der Waals surface area contributed by atoms with E-state index in [1.807, 2.05) is 29.2 Å². The number of aliphatic hydroxyl groups is 1. The number of hydrogen-bond donors (Lipinski definition) is 2. The summed E-state index contributed by atoms with van der Waals surface area (Å²) in [5.74, 6) is 0. The molecular weight excluding hydrogens is 192 g/mol. The molecule has 3 atom stereocenters. The second-order valence-electron chi connectivity index (χ2n) is 4.22. The zero-order valence-electron chi connectivity index (χ0n) is 8.39. The molecule has 4 heteroatoms. The normalized spacial score (nSPS) is 34.9. The van der Waals surface area contributed by atoms with Gasteiger partial charge >= 0.3 is 0 Å². The summed E-state index contributed by atoms with van der Waals surface area (Å²) in [4.78, 5) is 1.91. The quantitative estimate of drug-likeness (QED) is 0.593. The lowest BCUT2D eigenvalue weighted by atomic mass is 10.1. The Balaban J connectivity index is 2.10. The maximum atomic E-state index is 12.1. The highest BCUT2D eigenvalue weighted by molar-refractivity contribution is 5.42. The SMILES string of the molecule is [O-][NH+]1c2ccccc2[C@@H](O)N2CCCC21. The van der Waals surface area contributed by atoms with Crippen molar-refractivity contribution in [3.05, 3.63) is 35.0 Å². The molecule has 0 saturated carbocycles. The summed E-state index contributed by atoms with van der Waals surface area (Å²) < 4.78 is 0. The minimum Gasteiger partial charge on any atom is -0.628 e. The van der Waals surface area contributed by atoms with E-state index in [4.69, 9.17) is 0 Å². The van der Waals surface area contributed by atoms with Crippen LogP contribution in [0.25, 0.3) is 0 Å². The van der Waals surface area contributed by atoms with E-state index in [1.165, 1.54) is 0 Å². The Bertz CT molecular complexity index is 348. The van der Waals surface area contributed by atoms with Gasteiger partial charge in [-0.15, -0.1) is 0 Å². The standard InChI is InChI=1S/C11H14N2O2/c14-11-8-4-1-2-5-9(8)13(15)10-6-3-7-12(10)11/h1-2,4-5,10-11,13-14H,3,6-7H2/t10?,11-/m1/s1. The largest absolute Gasteiger partial charge is 0.628 e. The number of para-hydroxylation sites is 1. The van der Waals surface area contributed by atoms with Crippen molar-refractivity contribution < 1.29 is 10.2 Å². The zero-order chi connectivity index (χ0) is 10.4. The predicted molar refractivity (Wildman–Crippen MR) is 55.1 cm³/mol. The summed E-state index contributed by atoms with van der Waals surface area (Å²) >= 11 is 0. The lowest BCUT2D eigenvalue weighted by molar-refractivity contribution is -0.827. The van der Waals surface area contributed by atoms with Crippen molar-refractivity contribution in [3.8, 4) is 0 Å². The van der Waals surface area contributed by atoms with Gasteiger partial charge in [0.1, 0.15) is 11.9 Å². The highest BCUT2D eigenvalue weighted by atomic mass is 16.5. The van der Waals surface area contributed by atoms with Crippen LogP contribution in [0.3, 0.4) is 0 Å². The lowest BCUT2D eigenvalue weighted by Gasteiger charge is -2.42. The molecule has 2 aliphatic rings. The maximum absolute atomic E-state index is 12.1. The average Bonchev–Trinajstić information content (AvgIpc) is 2.75. The van der Waals surface area contributed by atoms with Crippen molar-refractivity contribution >= 4 is 5.69 Å². The van der Waals surface area contributed by atoms with Crippen LogP contribution >= 0.6 is 0 Å². The highest BCUT2D eigenvalue weighted by Crippen LogP contribution is 2.32. The van der Waals surface area contributed by atoms with E-state index < -0.39 is 6.23 Å². The van der Waals surface area contributed by atoms with Crippen molar-refractivity contribution in [2.75, 3.05) is 6.54 Å². The van der Waals surface area contributed by atoms with Gasteiger partial charge < -0.3 is 15.4 Å². The van der Waals surface area contributed by atoms with E-state index in [1.54, 1.807) is 0 Å². The molecule has 1 aromatic carbocycles. The molecule has 4 nitrogen and oxygen atoms in total. The maximum Gasteiger partial charge on any atom is 0.150 e. The fraction of sp³-hybridized carbons (Fsp3) is 0.455. The number of aliphatic hydroxyl groups excluding tert-OH is 1. The summed E-state index contributed by atoms with van der Waals surface area (Å²) in [6, 6.07) is 7.38. The van der Waals surface area contributed by atoms with Gasteiger partial charge in [0.25, 0.3) is 0 Å². The number of hydroxylamine groups is 1. The number of nitrogens with zero attached hydrogens (tertiary/aromatic N) is 1. The summed E-state index contributed by atoms with van der Waals surface area (Å²) in [7, 11) is 0. The number of rotatable bonds is 0. The number of benzene rings is 1. The van der Waals surface area contributed by atoms with E-state index in [-0.39, 0.29) is 11.2 Å². The Morgan fingerprint density at radius 3 is 3.07 bits per heavy atom. The molecule has 1 aromatic rings. The van der Waals surface area contributed by atoms with Crippen molar-refractivity contribution in [2.24, 2.45) is 0 Å². The van der Waals surface area contributed by atoms with Crippen LogP contribution in [0.1, 0.15) is 24.6 Å².